The second-order valence-electron chi connectivity index (χ2n) is 3.31. The molecule has 1 saturated heterocycles. The van der Waals surface area contributed by atoms with Crippen LogP contribution in [0.2, 0.25) is 0 Å². The molecule has 1 amide bonds. The fraction of sp³-hybridized carbons (Fsp3) is 0.889. The maximum Gasteiger partial charge on any atom is 0.219 e. The fourth-order valence-corrected chi connectivity index (χ4v) is 1.41. The van der Waals surface area contributed by atoms with Crippen LogP contribution in [0, 0.1) is 5.92 Å². The first-order valence-electron chi connectivity index (χ1n) is 4.57. The Hall–Kier alpha value is -0.570. The van der Waals surface area contributed by atoms with Crippen LogP contribution in [-0.4, -0.2) is 37.1 Å². The molecule has 3 nitrogen and oxygen atoms in total. The number of hydrogen-bond donors (Lipinski definition) is 0. The SMILES string of the molecule is CCC1COCCN(C(C)=O)C1. The summed E-state index contributed by atoms with van der Waals surface area (Å²) in [6.45, 7) is 6.88. The minimum Gasteiger partial charge on any atom is -0.379 e. The highest BCUT2D eigenvalue weighted by molar-refractivity contribution is 5.73. The van der Waals surface area contributed by atoms with Gasteiger partial charge in [0.15, 0.2) is 0 Å². The zero-order chi connectivity index (χ0) is 8.97. The van der Waals surface area contributed by atoms with E-state index < -0.39 is 0 Å². The van der Waals surface area contributed by atoms with E-state index in [2.05, 4.69) is 6.92 Å². The number of nitrogens with zero attached hydrogens (tertiary/aromatic N) is 1. The van der Waals surface area contributed by atoms with Crippen molar-refractivity contribution < 1.29 is 9.53 Å². The third-order valence-corrected chi connectivity index (χ3v) is 2.36. The van der Waals surface area contributed by atoms with Crippen molar-refractivity contribution in [3.8, 4) is 0 Å². The van der Waals surface area contributed by atoms with Gasteiger partial charge in [-0.25, -0.2) is 0 Å². The molecule has 0 aliphatic carbocycles. The van der Waals surface area contributed by atoms with Gasteiger partial charge < -0.3 is 9.64 Å². The van der Waals surface area contributed by atoms with Crippen molar-refractivity contribution in [3.63, 3.8) is 0 Å². The number of hydrogen-bond acceptors (Lipinski definition) is 2. The Morgan fingerprint density at radius 2 is 2.42 bits per heavy atom. The smallest absolute Gasteiger partial charge is 0.219 e. The maximum atomic E-state index is 11.1. The molecule has 0 radical (unpaired) electrons. The Labute approximate surface area is 73.7 Å². The summed E-state index contributed by atoms with van der Waals surface area (Å²) in [5, 5.41) is 0. The molecule has 1 rings (SSSR count). The molecule has 0 bridgehead atoms. The molecule has 12 heavy (non-hydrogen) atoms. The number of ether oxygens (including phenoxy) is 1. The lowest BCUT2D eigenvalue weighted by Gasteiger charge is -2.20. The van der Waals surface area contributed by atoms with Crippen LogP contribution < -0.4 is 0 Å². The van der Waals surface area contributed by atoms with Gasteiger partial charge in [-0.3, -0.25) is 4.79 Å². The molecule has 1 heterocycles. The highest BCUT2D eigenvalue weighted by Gasteiger charge is 2.18. The Morgan fingerprint density at radius 1 is 1.67 bits per heavy atom. The van der Waals surface area contributed by atoms with Crippen LogP contribution in [0.3, 0.4) is 0 Å². The van der Waals surface area contributed by atoms with E-state index in [9.17, 15) is 4.79 Å². The lowest BCUT2D eigenvalue weighted by molar-refractivity contribution is -0.129. The molecule has 3 heteroatoms. The standard InChI is InChI=1S/C9H17NO2/c1-3-9-6-10(8(2)11)4-5-12-7-9/h9H,3-7H2,1-2H3. The molecule has 1 fully saturated rings. The van der Waals surface area contributed by atoms with Gasteiger partial charge in [-0.15, -0.1) is 0 Å². The van der Waals surface area contributed by atoms with Crippen molar-refractivity contribution in [2.24, 2.45) is 5.92 Å². The van der Waals surface area contributed by atoms with Gasteiger partial charge in [-0.05, 0) is 12.3 Å². The molecular formula is C9H17NO2. The first-order valence-corrected chi connectivity index (χ1v) is 4.57. The Balaban J connectivity index is 2.47. The van der Waals surface area contributed by atoms with Crippen LogP contribution in [0.4, 0.5) is 0 Å². The second kappa shape index (κ2) is 4.45. The van der Waals surface area contributed by atoms with Gasteiger partial charge in [0.05, 0.1) is 13.2 Å². The number of carbonyl (C=O) groups excluding carboxylic acids is 1. The third kappa shape index (κ3) is 2.48. The number of carbonyl (C=O) groups is 1. The van der Waals surface area contributed by atoms with Crippen LogP contribution in [-0.2, 0) is 9.53 Å². The minimum absolute atomic E-state index is 0.166. The van der Waals surface area contributed by atoms with Gasteiger partial charge in [-0.1, -0.05) is 6.92 Å². The average Bonchev–Trinajstić information content (AvgIpc) is 2.28. The lowest BCUT2D eigenvalue weighted by Crippen LogP contribution is -2.33. The normalized spacial score (nSPS) is 25.2. The van der Waals surface area contributed by atoms with E-state index >= 15 is 0 Å². The first kappa shape index (κ1) is 9.52. The van der Waals surface area contributed by atoms with Crippen molar-refractivity contribution in [1.29, 1.82) is 0 Å². The molecule has 0 aromatic heterocycles. The van der Waals surface area contributed by atoms with Gasteiger partial charge in [0.25, 0.3) is 0 Å². The van der Waals surface area contributed by atoms with E-state index in [0.29, 0.717) is 12.5 Å². The highest BCUT2D eigenvalue weighted by atomic mass is 16.5. The first-order chi connectivity index (χ1) is 5.74. The Kier molecular flexibility index (Phi) is 3.53. The van der Waals surface area contributed by atoms with Crippen LogP contribution in [0.25, 0.3) is 0 Å². The van der Waals surface area contributed by atoms with Crippen molar-refractivity contribution in [2.45, 2.75) is 20.3 Å². The molecular weight excluding hydrogens is 154 g/mol. The van der Waals surface area contributed by atoms with Crippen molar-refractivity contribution in [2.75, 3.05) is 26.3 Å². The summed E-state index contributed by atoms with van der Waals surface area (Å²) >= 11 is 0. The maximum absolute atomic E-state index is 11.1. The highest BCUT2D eigenvalue weighted by Crippen LogP contribution is 2.10. The average molecular weight is 171 g/mol. The van der Waals surface area contributed by atoms with E-state index in [0.717, 1.165) is 26.1 Å². The summed E-state index contributed by atoms with van der Waals surface area (Å²) in [7, 11) is 0. The largest absolute Gasteiger partial charge is 0.379 e. The summed E-state index contributed by atoms with van der Waals surface area (Å²) in [6, 6.07) is 0. The third-order valence-electron chi connectivity index (χ3n) is 2.36. The van der Waals surface area contributed by atoms with E-state index in [1.165, 1.54) is 0 Å². The zero-order valence-corrected chi connectivity index (χ0v) is 7.88. The summed E-state index contributed by atoms with van der Waals surface area (Å²) < 4.78 is 5.38. The summed E-state index contributed by atoms with van der Waals surface area (Å²) in [5.74, 6) is 0.690. The monoisotopic (exact) mass is 171 g/mol. The van der Waals surface area contributed by atoms with Gasteiger partial charge in [0.2, 0.25) is 5.91 Å². The summed E-state index contributed by atoms with van der Waals surface area (Å²) in [5.41, 5.74) is 0. The van der Waals surface area contributed by atoms with Gasteiger partial charge >= 0.3 is 0 Å². The van der Waals surface area contributed by atoms with Gasteiger partial charge in [0.1, 0.15) is 0 Å². The molecule has 0 spiro atoms. The molecule has 70 valence electrons. The van der Waals surface area contributed by atoms with Gasteiger partial charge in [0, 0.05) is 20.0 Å². The predicted molar refractivity (Wildman–Crippen MR) is 46.9 cm³/mol. The molecule has 1 atom stereocenters. The van der Waals surface area contributed by atoms with E-state index in [1.54, 1.807) is 6.92 Å². The predicted octanol–water partition coefficient (Wildman–Crippen LogP) is 0.891. The van der Waals surface area contributed by atoms with Crippen LogP contribution >= 0.6 is 0 Å². The topological polar surface area (TPSA) is 29.5 Å². The van der Waals surface area contributed by atoms with Gasteiger partial charge in [-0.2, -0.15) is 0 Å². The van der Waals surface area contributed by atoms with E-state index in [1.807, 2.05) is 4.90 Å². The molecule has 1 unspecified atom stereocenters. The molecule has 0 N–H and O–H groups in total. The van der Waals surface area contributed by atoms with Crippen LogP contribution in [0.1, 0.15) is 20.3 Å². The molecule has 0 saturated carbocycles. The molecule has 0 aromatic rings. The fourth-order valence-electron chi connectivity index (χ4n) is 1.41. The Bertz CT molecular complexity index is 159. The molecule has 1 aliphatic rings. The van der Waals surface area contributed by atoms with Crippen LogP contribution in [0.5, 0.6) is 0 Å². The summed E-state index contributed by atoms with van der Waals surface area (Å²) in [6.07, 6.45) is 1.09. The zero-order valence-electron chi connectivity index (χ0n) is 7.88. The number of amides is 1. The quantitative estimate of drug-likeness (QED) is 0.586. The molecule has 1 aliphatic heterocycles. The Morgan fingerprint density at radius 3 is 3.00 bits per heavy atom. The van der Waals surface area contributed by atoms with E-state index in [4.69, 9.17) is 4.74 Å². The number of rotatable bonds is 1. The summed E-state index contributed by atoms with van der Waals surface area (Å²) in [4.78, 5) is 13.0. The van der Waals surface area contributed by atoms with Crippen molar-refractivity contribution in [3.05, 3.63) is 0 Å². The van der Waals surface area contributed by atoms with E-state index in [-0.39, 0.29) is 5.91 Å². The second-order valence-corrected chi connectivity index (χ2v) is 3.31. The van der Waals surface area contributed by atoms with Crippen molar-refractivity contribution in [1.82, 2.24) is 4.90 Å². The lowest BCUT2D eigenvalue weighted by atomic mass is 10.1. The van der Waals surface area contributed by atoms with Crippen molar-refractivity contribution >= 4 is 5.91 Å². The van der Waals surface area contributed by atoms with Crippen LogP contribution in [0.15, 0.2) is 0 Å². The minimum atomic E-state index is 0.166. The molecule has 0 aromatic carbocycles.